The van der Waals surface area contributed by atoms with Crippen LogP contribution in [-0.2, 0) is 49.7 Å². The largest absolute Gasteiger partial charge is 0.481 e. The Morgan fingerprint density at radius 1 is 0.862 bits per heavy atom. The van der Waals surface area contributed by atoms with Crippen molar-refractivity contribution < 1.29 is 58.1 Å². The summed E-state index contributed by atoms with van der Waals surface area (Å²) in [5, 5.41) is 29.3. The summed E-state index contributed by atoms with van der Waals surface area (Å²) in [5.41, 5.74) is 8.83. The molecule has 1 heterocycles. The van der Waals surface area contributed by atoms with Crippen LogP contribution in [0.2, 0.25) is 0 Å². The number of urea groups is 1. The second-order valence-corrected chi connectivity index (χ2v) is 14.6. The van der Waals surface area contributed by atoms with Gasteiger partial charge in [-0.15, -0.1) is 0 Å². The minimum absolute atomic E-state index is 0.0367. The predicted octanol–water partition coefficient (Wildman–Crippen LogP) is -0.00470. The van der Waals surface area contributed by atoms with Crippen LogP contribution in [0.5, 0.6) is 0 Å². The molecule has 322 valence electrons. The molecule has 8 amide bonds. The van der Waals surface area contributed by atoms with Crippen molar-refractivity contribution in [1.82, 2.24) is 36.6 Å². The number of benzene rings is 1. The molecule has 1 saturated heterocycles. The highest BCUT2D eigenvalue weighted by atomic mass is 16.5. The molecule has 20 nitrogen and oxygen atoms in total. The molecule has 9 N–H and O–H groups in total. The molecule has 0 spiro atoms. The second-order valence-electron chi connectivity index (χ2n) is 14.6. The van der Waals surface area contributed by atoms with Gasteiger partial charge in [0.2, 0.25) is 29.5 Å². The van der Waals surface area contributed by atoms with Gasteiger partial charge < -0.3 is 46.9 Å². The van der Waals surface area contributed by atoms with Crippen molar-refractivity contribution in [3.8, 4) is 0 Å². The molecule has 1 aromatic rings. The van der Waals surface area contributed by atoms with Crippen LogP contribution in [0.1, 0.15) is 85.6 Å². The van der Waals surface area contributed by atoms with E-state index in [0.29, 0.717) is 12.8 Å². The van der Waals surface area contributed by atoms with E-state index in [9.17, 15) is 53.4 Å². The van der Waals surface area contributed by atoms with Crippen LogP contribution in [0.25, 0.3) is 0 Å². The van der Waals surface area contributed by atoms with E-state index in [4.69, 9.17) is 10.5 Å². The first-order chi connectivity index (χ1) is 27.3. The van der Waals surface area contributed by atoms with E-state index >= 15 is 0 Å². The molecule has 0 aromatic heterocycles. The molecule has 1 aliphatic rings. The Morgan fingerprint density at radius 2 is 1.48 bits per heavy atom. The third kappa shape index (κ3) is 15.3. The van der Waals surface area contributed by atoms with Crippen LogP contribution in [0.15, 0.2) is 30.3 Å². The molecule has 0 bridgehead atoms. The van der Waals surface area contributed by atoms with Gasteiger partial charge >= 0.3 is 18.0 Å². The summed E-state index contributed by atoms with van der Waals surface area (Å²) < 4.78 is 6.11. The topological polar surface area (TPSA) is 296 Å². The highest BCUT2D eigenvalue weighted by Crippen LogP contribution is 2.25. The van der Waals surface area contributed by atoms with Crippen molar-refractivity contribution in [3.05, 3.63) is 35.9 Å². The van der Waals surface area contributed by atoms with Crippen LogP contribution in [0, 0.1) is 11.8 Å². The predicted molar refractivity (Wildman–Crippen MR) is 207 cm³/mol. The summed E-state index contributed by atoms with van der Waals surface area (Å²) in [4.78, 5) is 117. The third-order valence-corrected chi connectivity index (χ3v) is 9.51. The van der Waals surface area contributed by atoms with Gasteiger partial charge in [0.05, 0.1) is 19.1 Å². The quantitative estimate of drug-likeness (QED) is 0.0718. The van der Waals surface area contributed by atoms with Gasteiger partial charge in [-0.3, -0.25) is 43.8 Å². The molecule has 20 heteroatoms. The maximum Gasteiger partial charge on any atom is 0.333 e. The molecular weight excluding hydrogens is 760 g/mol. The van der Waals surface area contributed by atoms with E-state index in [-0.39, 0.29) is 26.1 Å². The summed E-state index contributed by atoms with van der Waals surface area (Å²) in [6.45, 7) is 9.84. The van der Waals surface area contributed by atoms with Crippen molar-refractivity contribution in [2.75, 3.05) is 13.1 Å². The molecule has 0 unspecified atom stereocenters. The van der Waals surface area contributed by atoms with Crippen LogP contribution in [-0.4, -0.2) is 123 Å². The minimum Gasteiger partial charge on any atom is -0.481 e. The lowest BCUT2D eigenvalue weighted by Gasteiger charge is -2.33. The normalized spacial score (nSPS) is 17.5. The number of carbonyl (C=O) groups is 9. The van der Waals surface area contributed by atoms with Crippen molar-refractivity contribution in [2.24, 2.45) is 17.6 Å². The smallest absolute Gasteiger partial charge is 0.333 e. The van der Waals surface area contributed by atoms with Gasteiger partial charge in [0.15, 0.2) is 0 Å². The molecule has 1 aliphatic heterocycles. The highest BCUT2D eigenvalue weighted by Gasteiger charge is 2.44. The van der Waals surface area contributed by atoms with E-state index in [1.54, 1.807) is 34.6 Å². The first-order valence-electron chi connectivity index (χ1n) is 19.2. The Balaban J connectivity index is 2.39. The first kappa shape index (κ1) is 48.4. The van der Waals surface area contributed by atoms with Gasteiger partial charge in [0.1, 0.15) is 30.2 Å². The number of likely N-dealkylation sites (tertiary alicyclic amines) is 1. The van der Waals surface area contributed by atoms with Gasteiger partial charge in [-0.1, -0.05) is 71.4 Å². The highest BCUT2D eigenvalue weighted by molar-refractivity contribution is 5.97. The number of ether oxygens (including phenoxy) is 1. The maximum absolute atomic E-state index is 14.4. The zero-order chi connectivity index (χ0) is 43.7. The number of primary amides is 1. The molecule has 0 saturated carbocycles. The number of nitrogens with zero attached hydrogens (tertiary/aromatic N) is 2. The summed E-state index contributed by atoms with van der Waals surface area (Å²) >= 11 is 0. The molecule has 58 heavy (non-hydrogen) atoms. The second kappa shape index (κ2) is 23.4. The fraction of sp³-hybridized carbons (Fsp3) is 0.605. The van der Waals surface area contributed by atoms with Crippen LogP contribution < -0.4 is 32.4 Å². The average Bonchev–Trinajstić information content (AvgIpc) is 3.59. The lowest BCUT2D eigenvalue weighted by Crippen LogP contribution is -2.61. The van der Waals surface area contributed by atoms with Crippen molar-refractivity contribution in [2.45, 2.75) is 123 Å². The first-order valence-corrected chi connectivity index (χ1v) is 19.2. The van der Waals surface area contributed by atoms with E-state index in [0.717, 1.165) is 17.5 Å². The minimum atomic E-state index is -1.59. The van der Waals surface area contributed by atoms with Gasteiger partial charge in [-0.2, -0.15) is 0 Å². The molecule has 1 fully saturated rings. The Bertz CT molecular complexity index is 1610. The number of carbonyl (C=O) groups excluding carboxylic acids is 7. The van der Waals surface area contributed by atoms with E-state index < -0.39 is 121 Å². The molecule has 7 atom stereocenters. The summed E-state index contributed by atoms with van der Waals surface area (Å²) in [6.07, 6.45) is -1.60. The summed E-state index contributed by atoms with van der Waals surface area (Å²) in [7, 11) is 0. The Hall–Kier alpha value is -5.79. The van der Waals surface area contributed by atoms with Gasteiger partial charge in [-0.25, -0.2) is 9.80 Å². The zero-order valence-corrected chi connectivity index (χ0v) is 33.8. The molecule has 0 aliphatic carbocycles. The lowest BCUT2D eigenvalue weighted by atomic mass is 9.95. The SMILES string of the molecule is CCCN(NC(=O)[C@@H]1C[C@@H](OCc2ccccc2)CN1C(=O)[C@@H](NC(=O)[C@@H](NC(=O)[C@@H](CCC(=O)O)NC(=O)[C@H](CC(=O)O)NC(C)=O)[C@@H](C)CC)C(C)C)C(N)=O. The maximum atomic E-state index is 14.4. The van der Waals surface area contributed by atoms with Gasteiger partial charge in [0.25, 0.3) is 5.91 Å². The number of nitrogens with one attached hydrogen (secondary N) is 5. The van der Waals surface area contributed by atoms with Crippen molar-refractivity contribution >= 4 is 53.4 Å². The fourth-order valence-electron chi connectivity index (χ4n) is 6.18. The van der Waals surface area contributed by atoms with Crippen LogP contribution in [0.4, 0.5) is 4.79 Å². The van der Waals surface area contributed by atoms with Crippen molar-refractivity contribution in [1.29, 1.82) is 0 Å². The Morgan fingerprint density at radius 3 is 2.02 bits per heavy atom. The number of hydrazine groups is 1. The summed E-state index contributed by atoms with van der Waals surface area (Å²) in [5.74, 6) is -8.74. The van der Waals surface area contributed by atoms with Crippen molar-refractivity contribution in [3.63, 3.8) is 0 Å². The molecule has 0 radical (unpaired) electrons. The number of carboxylic acid groups (broad SMARTS) is 2. The third-order valence-electron chi connectivity index (χ3n) is 9.51. The molecule has 2 rings (SSSR count). The molecule has 1 aromatic carbocycles. The standard InChI is InChI=1S/C38H58N8O12/c1-7-16-46(38(39)57)44-35(54)28-17-25(58-20-24-12-10-9-11-13-24)19-45(28)37(56)31(21(3)4)42-36(55)32(22(5)8-2)43-33(52)26(14-15-29(48)49)41-34(53)27(18-30(50)51)40-23(6)47/h9-13,21-22,25-28,31-32H,7-8,14-20H2,1-6H3,(H2,39,57)(H,40,47)(H,41,53)(H,42,55)(H,43,52)(H,44,54)(H,48,49)(H,50,51)/t22-,25+,26+,27-,28-,31-,32-/m0/s1. The number of hydrogen-bond donors (Lipinski definition) is 8. The number of aliphatic carboxylic acids is 2. The summed E-state index contributed by atoms with van der Waals surface area (Å²) in [6, 6.07) is 1.51. The number of hydrogen-bond acceptors (Lipinski definition) is 10. The fourth-order valence-corrected chi connectivity index (χ4v) is 6.18. The molecular formula is C38H58N8O12. The van der Waals surface area contributed by atoms with Crippen LogP contribution in [0.3, 0.4) is 0 Å². The van der Waals surface area contributed by atoms with E-state index in [1.807, 2.05) is 30.3 Å². The zero-order valence-electron chi connectivity index (χ0n) is 33.8. The lowest BCUT2D eigenvalue weighted by molar-refractivity contribution is -0.144. The van der Waals surface area contributed by atoms with Crippen LogP contribution >= 0.6 is 0 Å². The number of carboxylic acids is 2. The Labute approximate surface area is 337 Å². The van der Waals surface area contributed by atoms with E-state index in [2.05, 4.69) is 26.7 Å². The number of rotatable bonds is 22. The Kier molecular flexibility index (Phi) is 19.5. The average molecular weight is 819 g/mol. The van der Waals surface area contributed by atoms with Gasteiger partial charge in [0, 0.05) is 32.9 Å². The van der Waals surface area contributed by atoms with Gasteiger partial charge in [-0.05, 0) is 30.2 Å². The number of nitrogens with two attached hydrogens (primary N) is 1. The monoisotopic (exact) mass is 818 g/mol. The number of amides is 8. The van der Waals surface area contributed by atoms with E-state index in [1.165, 1.54) is 4.90 Å².